The van der Waals surface area contributed by atoms with Crippen LogP contribution in [0, 0.1) is 18.3 Å². The second kappa shape index (κ2) is 6.59. The van der Waals surface area contributed by atoms with Gasteiger partial charge in [-0.3, -0.25) is 4.79 Å². The van der Waals surface area contributed by atoms with Crippen molar-refractivity contribution in [2.45, 2.75) is 33.1 Å². The first kappa shape index (κ1) is 18.7. The van der Waals surface area contributed by atoms with Gasteiger partial charge in [0.25, 0.3) is 0 Å². The molecular formula is C25H25N3O2. The number of ketones is 1. The average Bonchev–Trinajstić information content (AvgIpc) is 3.03. The number of aromatic nitrogens is 2. The van der Waals surface area contributed by atoms with Crippen LogP contribution in [0.3, 0.4) is 0 Å². The summed E-state index contributed by atoms with van der Waals surface area (Å²) < 4.78 is 1.93. The highest BCUT2D eigenvalue weighted by Crippen LogP contribution is 2.50. The highest BCUT2D eigenvalue weighted by molar-refractivity contribution is 5.90. The van der Waals surface area contributed by atoms with Crippen LogP contribution in [0.5, 0.6) is 5.75 Å². The molecule has 0 radical (unpaired) electrons. The molecule has 1 aliphatic carbocycles. The largest absolute Gasteiger partial charge is 0.508 e. The van der Waals surface area contributed by atoms with Crippen molar-refractivity contribution in [3.8, 4) is 11.4 Å². The van der Waals surface area contributed by atoms with Crippen molar-refractivity contribution in [1.29, 1.82) is 0 Å². The number of rotatable bonds is 2. The molecule has 5 heteroatoms. The van der Waals surface area contributed by atoms with Gasteiger partial charge in [-0.05, 0) is 42.2 Å². The standard InChI is InChI=1S/C25H25N3O2/c1-15-21-22(16-9-11-18(29)12-10-16)23-19(13-25(2,3)14-20(23)30)26-24(21)28(27-15)17-7-5-4-6-8-17/h4-13,22-23,26,29H,14H2,1-3H3/t22-,23-/m1/s1. The highest BCUT2D eigenvalue weighted by atomic mass is 16.3. The number of hydrogen-bond donors (Lipinski definition) is 2. The first-order valence-corrected chi connectivity index (χ1v) is 10.3. The molecule has 5 nitrogen and oxygen atoms in total. The number of carbonyl (C=O) groups excluding carboxylic acids is 1. The Hall–Kier alpha value is -3.34. The van der Waals surface area contributed by atoms with E-state index in [1.807, 2.05) is 54.1 Å². The summed E-state index contributed by atoms with van der Waals surface area (Å²) in [6, 6.07) is 17.2. The molecule has 0 fully saturated rings. The van der Waals surface area contributed by atoms with Crippen LogP contribution in [0.4, 0.5) is 5.82 Å². The Kier molecular flexibility index (Phi) is 4.10. The van der Waals surface area contributed by atoms with Gasteiger partial charge in [0.1, 0.15) is 17.4 Å². The molecule has 0 saturated carbocycles. The summed E-state index contributed by atoms with van der Waals surface area (Å²) in [5.41, 5.74) is 4.67. The molecule has 5 rings (SSSR count). The second-order valence-corrected chi connectivity index (χ2v) is 9.00. The number of carbonyl (C=O) groups is 1. The van der Waals surface area contributed by atoms with Crippen LogP contribution in [0.15, 0.2) is 66.4 Å². The van der Waals surface area contributed by atoms with Crippen LogP contribution in [0.1, 0.15) is 43.0 Å². The topological polar surface area (TPSA) is 67.1 Å². The van der Waals surface area contributed by atoms with Gasteiger partial charge >= 0.3 is 0 Å². The number of hydrogen-bond acceptors (Lipinski definition) is 4. The van der Waals surface area contributed by atoms with Gasteiger partial charge in [-0.25, -0.2) is 4.68 Å². The number of para-hydroxylation sites is 1. The molecule has 30 heavy (non-hydrogen) atoms. The fraction of sp³-hybridized carbons (Fsp3) is 0.280. The zero-order valence-corrected chi connectivity index (χ0v) is 17.4. The number of fused-ring (bicyclic) bond motifs is 2. The van der Waals surface area contributed by atoms with Gasteiger partial charge in [0.15, 0.2) is 0 Å². The molecule has 2 aromatic carbocycles. The maximum atomic E-state index is 13.3. The van der Waals surface area contributed by atoms with Crippen LogP contribution in [-0.4, -0.2) is 20.7 Å². The quantitative estimate of drug-likeness (QED) is 0.640. The number of allylic oxidation sites excluding steroid dienone is 2. The minimum Gasteiger partial charge on any atom is -0.508 e. The first-order chi connectivity index (χ1) is 14.3. The summed E-state index contributed by atoms with van der Waals surface area (Å²) in [6.07, 6.45) is 2.71. The Morgan fingerprint density at radius 3 is 2.47 bits per heavy atom. The van der Waals surface area contributed by atoms with Crippen molar-refractivity contribution in [2.75, 3.05) is 5.32 Å². The third-order valence-electron chi connectivity index (χ3n) is 6.12. The maximum absolute atomic E-state index is 13.3. The normalized spacial score (nSPS) is 22.0. The monoisotopic (exact) mass is 399 g/mol. The molecule has 0 spiro atoms. The number of aryl methyl sites for hydroxylation is 1. The number of aromatic hydroxyl groups is 1. The molecule has 2 heterocycles. The van der Waals surface area contributed by atoms with Crippen molar-refractivity contribution < 1.29 is 9.90 Å². The summed E-state index contributed by atoms with van der Waals surface area (Å²) in [5, 5.41) is 18.2. The van der Waals surface area contributed by atoms with Gasteiger partial charge in [0.05, 0.1) is 17.3 Å². The van der Waals surface area contributed by atoms with Crippen molar-refractivity contribution in [2.24, 2.45) is 11.3 Å². The second-order valence-electron chi connectivity index (χ2n) is 9.00. The zero-order valence-electron chi connectivity index (χ0n) is 17.4. The van der Waals surface area contributed by atoms with E-state index in [4.69, 9.17) is 5.10 Å². The molecule has 2 N–H and O–H groups in total. The molecule has 152 valence electrons. The number of phenols is 1. The number of nitrogens with zero attached hydrogens (tertiary/aromatic N) is 2. The lowest BCUT2D eigenvalue weighted by atomic mass is 9.67. The average molecular weight is 399 g/mol. The molecular weight excluding hydrogens is 374 g/mol. The van der Waals surface area contributed by atoms with Crippen LogP contribution in [0.25, 0.3) is 5.69 Å². The smallest absolute Gasteiger partial charge is 0.143 e. The predicted octanol–water partition coefficient (Wildman–Crippen LogP) is 4.94. The summed E-state index contributed by atoms with van der Waals surface area (Å²) in [6.45, 7) is 6.19. The van der Waals surface area contributed by atoms with Gasteiger partial charge in [0, 0.05) is 23.6 Å². The lowest BCUT2D eigenvalue weighted by Gasteiger charge is -2.40. The number of Topliss-reactive ketones (excluding diaryl/α,β-unsaturated/α-hetero) is 1. The van der Waals surface area contributed by atoms with E-state index in [0.29, 0.717) is 6.42 Å². The molecule has 0 bridgehead atoms. The van der Waals surface area contributed by atoms with Crippen molar-refractivity contribution in [3.63, 3.8) is 0 Å². The van der Waals surface area contributed by atoms with Gasteiger partial charge in [-0.1, -0.05) is 50.3 Å². The molecule has 3 aromatic rings. The van der Waals surface area contributed by atoms with Gasteiger partial charge in [0.2, 0.25) is 0 Å². The Balaban J connectivity index is 1.76. The van der Waals surface area contributed by atoms with Crippen molar-refractivity contribution in [1.82, 2.24) is 9.78 Å². The first-order valence-electron chi connectivity index (χ1n) is 10.3. The van der Waals surface area contributed by atoms with Crippen molar-refractivity contribution >= 4 is 11.6 Å². The van der Waals surface area contributed by atoms with Crippen LogP contribution in [-0.2, 0) is 4.79 Å². The number of phenolic OH excluding ortho intramolecular Hbond substituents is 1. The van der Waals surface area contributed by atoms with E-state index >= 15 is 0 Å². The van der Waals surface area contributed by atoms with E-state index in [0.717, 1.165) is 34.0 Å². The predicted molar refractivity (Wildman–Crippen MR) is 117 cm³/mol. The fourth-order valence-electron chi connectivity index (χ4n) is 4.91. The van der Waals surface area contributed by atoms with Gasteiger partial charge in [-0.2, -0.15) is 5.10 Å². The van der Waals surface area contributed by atoms with Crippen molar-refractivity contribution in [3.05, 3.63) is 83.2 Å². The minimum atomic E-state index is -0.276. The van der Waals surface area contributed by atoms with E-state index in [1.165, 1.54) is 0 Å². The number of nitrogens with one attached hydrogen (secondary N) is 1. The van der Waals surface area contributed by atoms with E-state index in [2.05, 4.69) is 25.2 Å². The van der Waals surface area contributed by atoms with Crippen LogP contribution >= 0.6 is 0 Å². The summed E-state index contributed by atoms with van der Waals surface area (Å²) in [7, 11) is 0. The molecule has 0 unspecified atom stereocenters. The summed E-state index contributed by atoms with van der Waals surface area (Å²) >= 11 is 0. The Morgan fingerprint density at radius 2 is 1.77 bits per heavy atom. The number of benzene rings is 2. The van der Waals surface area contributed by atoms with Crippen LogP contribution < -0.4 is 5.32 Å². The molecule has 0 saturated heterocycles. The molecule has 1 aliphatic heterocycles. The summed E-state index contributed by atoms with van der Waals surface area (Å²) in [4.78, 5) is 13.3. The fourth-order valence-corrected chi connectivity index (χ4v) is 4.91. The molecule has 2 aliphatic rings. The highest BCUT2D eigenvalue weighted by Gasteiger charge is 2.46. The lowest BCUT2D eigenvalue weighted by Crippen LogP contribution is -2.39. The molecule has 0 amide bonds. The Morgan fingerprint density at radius 1 is 1.07 bits per heavy atom. The maximum Gasteiger partial charge on any atom is 0.143 e. The molecule has 1 aromatic heterocycles. The van der Waals surface area contributed by atoms with Gasteiger partial charge < -0.3 is 10.4 Å². The SMILES string of the molecule is Cc1nn(-c2ccccc2)c2c1[C@@H](c1ccc(O)cc1)[C@H]1C(=O)CC(C)(C)C=C1N2. The number of anilines is 1. The van der Waals surface area contributed by atoms with E-state index in [-0.39, 0.29) is 28.8 Å². The van der Waals surface area contributed by atoms with Crippen LogP contribution in [0.2, 0.25) is 0 Å². The Bertz CT molecular complexity index is 1160. The lowest BCUT2D eigenvalue weighted by molar-refractivity contribution is -0.124. The van der Waals surface area contributed by atoms with Gasteiger partial charge in [-0.15, -0.1) is 0 Å². The Labute approximate surface area is 176 Å². The van der Waals surface area contributed by atoms with E-state index in [1.54, 1.807) is 12.1 Å². The molecule has 2 atom stereocenters. The third kappa shape index (κ3) is 2.93. The summed E-state index contributed by atoms with van der Waals surface area (Å²) in [5.74, 6) is 0.943. The van der Waals surface area contributed by atoms with E-state index < -0.39 is 0 Å². The zero-order chi connectivity index (χ0) is 21.0. The third-order valence-corrected chi connectivity index (χ3v) is 6.12. The minimum absolute atomic E-state index is 0.144. The van der Waals surface area contributed by atoms with E-state index in [9.17, 15) is 9.90 Å².